The molecule has 4 heteroatoms. The molecule has 1 aromatic heterocycles. The van der Waals surface area contributed by atoms with Crippen molar-refractivity contribution in [1.29, 1.82) is 0 Å². The SMILES string of the molecule is Cc1cc(C)c2oc(-c3cc(Br)ccc3Cl)nc2c1. The van der Waals surface area contributed by atoms with E-state index in [0.29, 0.717) is 10.9 Å². The average molecular weight is 337 g/mol. The maximum atomic E-state index is 6.21. The number of hydrogen-bond donors (Lipinski definition) is 0. The lowest BCUT2D eigenvalue weighted by Gasteiger charge is -1.99. The Labute approximate surface area is 124 Å². The third-order valence-electron chi connectivity index (χ3n) is 2.98. The lowest BCUT2D eigenvalue weighted by Crippen LogP contribution is -1.79. The van der Waals surface area contributed by atoms with Crippen LogP contribution in [-0.2, 0) is 0 Å². The Morgan fingerprint density at radius 2 is 1.95 bits per heavy atom. The van der Waals surface area contributed by atoms with Crippen LogP contribution in [0.2, 0.25) is 5.02 Å². The molecule has 2 aromatic carbocycles. The van der Waals surface area contributed by atoms with Crippen LogP contribution in [0.4, 0.5) is 0 Å². The molecule has 0 spiro atoms. The summed E-state index contributed by atoms with van der Waals surface area (Å²) >= 11 is 9.64. The first-order valence-electron chi connectivity index (χ1n) is 5.88. The largest absolute Gasteiger partial charge is 0.436 e. The van der Waals surface area contributed by atoms with Crippen LogP contribution in [0.25, 0.3) is 22.6 Å². The second-order valence-corrected chi connectivity index (χ2v) is 5.90. The van der Waals surface area contributed by atoms with Crippen LogP contribution < -0.4 is 0 Å². The minimum atomic E-state index is 0.551. The van der Waals surface area contributed by atoms with E-state index in [1.807, 2.05) is 38.1 Å². The van der Waals surface area contributed by atoms with Gasteiger partial charge in [0.15, 0.2) is 5.58 Å². The summed E-state index contributed by atoms with van der Waals surface area (Å²) in [5, 5.41) is 0.629. The summed E-state index contributed by atoms with van der Waals surface area (Å²) in [4.78, 5) is 4.53. The molecule has 3 aromatic rings. The first kappa shape index (κ1) is 12.7. The number of halogens is 2. The van der Waals surface area contributed by atoms with E-state index in [1.165, 1.54) is 5.56 Å². The lowest BCUT2D eigenvalue weighted by atomic mass is 10.1. The molecule has 0 aliphatic rings. The molecule has 0 atom stereocenters. The highest BCUT2D eigenvalue weighted by Crippen LogP contribution is 2.33. The van der Waals surface area contributed by atoms with E-state index in [0.717, 1.165) is 26.7 Å². The van der Waals surface area contributed by atoms with E-state index in [-0.39, 0.29) is 0 Å². The van der Waals surface area contributed by atoms with Gasteiger partial charge in [-0.1, -0.05) is 33.6 Å². The molecule has 0 saturated heterocycles. The van der Waals surface area contributed by atoms with Gasteiger partial charge < -0.3 is 4.42 Å². The number of oxazole rings is 1. The summed E-state index contributed by atoms with van der Waals surface area (Å²) < 4.78 is 6.81. The van der Waals surface area contributed by atoms with E-state index in [9.17, 15) is 0 Å². The van der Waals surface area contributed by atoms with Crippen molar-refractivity contribution in [2.45, 2.75) is 13.8 Å². The van der Waals surface area contributed by atoms with Crippen molar-refractivity contribution >= 4 is 38.6 Å². The predicted molar refractivity (Wildman–Crippen MR) is 81.6 cm³/mol. The highest BCUT2D eigenvalue weighted by molar-refractivity contribution is 9.10. The highest BCUT2D eigenvalue weighted by Gasteiger charge is 2.13. The van der Waals surface area contributed by atoms with Gasteiger partial charge in [-0.15, -0.1) is 0 Å². The normalized spacial score (nSPS) is 11.2. The van der Waals surface area contributed by atoms with E-state index in [4.69, 9.17) is 16.0 Å². The Kier molecular flexibility index (Phi) is 3.11. The smallest absolute Gasteiger partial charge is 0.228 e. The Bertz CT molecular complexity index is 779. The minimum Gasteiger partial charge on any atom is -0.436 e. The first-order chi connectivity index (χ1) is 9.04. The number of rotatable bonds is 1. The number of aryl methyl sites for hydroxylation is 2. The number of hydrogen-bond acceptors (Lipinski definition) is 2. The molecule has 0 fully saturated rings. The number of aromatic nitrogens is 1. The summed E-state index contributed by atoms with van der Waals surface area (Å²) in [7, 11) is 0. The van der Waals surface area contributed by atoms with Crippen LogP contribution in [0.1, 0.15) is 11.1 Å². The molecular weight excluding hydrogens is 326 g/mol. The van der Waals surface area contributed by atoms with Gasteiger partial charge in [-0.25, -0.2) is 4.98 Å². The van der Waals surface area contributed by atoms with Crippen molar-refractivity contribution in [3.8, 4) is 11.5 Å². The fraction of sp³-hybridized carbons (Fsp3) is 0.133. The molecule has 0 aliphatic carbocycles. The van der Waals surface area contributed by atoms with Crippen LogP contribution in [0, 0.1) is 13.8 Å². The molecule has 0 aliphatic heterocycles. The molecule has 2 nitrogen and oxygen atoms in total. The average Bonchev–Trinajstić information content (AvgIpc) is 2.76. The molecule has 96 valence electrons. The highest BCUT2D eigenvalue weighted by atomic mass is 79.9. The molecule has 19 heavy (non-hydrogen) atoms. The zero-order valence-electron chi connectivity index (χ0n) is 10.5. The zero-order chi connectivity index (χ0) is 13.6. The predicted octanol–water partition coefficient (Wildman–Crippen LogP) is 5.53. The van der Waals surface area contributed by atoms with Crippen LogP contribution in [0.3, 0.4) is 0 Å². The maximum absolute atomic E-state index is 6.21. The van der Waals surface area contributed by atoms with Gasteiger partial charge in [0.25, 0.3) is 0 Å². The molecule has 0 bridgehead atoms. The Morgan fingerprint density at radius 1 is 1.16 bits per heavy atom. The Morgan fingerprint density at radius 3 is 2.74 bits per heavy atom. The van der Waals surface area contributed by atoms with Gasteiger partial charge in [-0.3, -0.25) is 0 Å². The van der Waals surface area contributed by atoms with Crippen molar-refractivity contribution in [1.82, 2.24) is 4.98 Å². The van der Waals surface area contributed by atoms with E-state index < -0.39 is 0 Å². The van der Waals surface area contributed by atoms with Crippen LogP contribution in [-0.4, -0.2) is 4.98 Å². The van der Waals surface area contributed by atoms with Gasteiger partial charge in [-0.2, -0.15) is 0 Å². The molecule has 1 heterocycles. The van der Waals surface area contributed by atoms with Crippen LogP contribution in [0.5, 0.6) is 0 Å². The summed E-state index contributed by atoms with van der Waals surface area (Å²) in [6.45, 7) is 4.07. The van der Waals surface area contributed by atoms with E-state index in [2.05, 4.69) is 27.0 Å². The Balaban J connectivity index is 2.26. The summed E-state index contributed by atoms with van der Waals surface area (Å²) in [6.07, 6.45) is 0. The van der Waals surface area contributed by atoms with Gasteiger partial charge in [0, 0.05) is 4.47 Å². The Hall–Kier alpha value is -1.32. The van der Waals surface area contributed by atoms with Crippen LogP contribution in [0.15, 0.2) is 39.2 Å². The quantitative estimate of drug-likeness (QED) is 0.584. The first-order valence-corrected chi connectivity index (χ1v) is 7.05. The van der Waals surface area contributed by atoms with E-state index in [1.54, 1.807) is 0 Å². The van der Waals surface area contributed by atoms with Gasteiger partial charge in [0.2, 0.25) is 5.89 Å². The minimum absolute atomic E-state index is 0.551. The van der Waals surface area contributed by atoms with Crippen molar-refractivity contribution in [2.24, 2.45) is 0 Å². The zero-order valence-corrected chi connectivity index (χ0v) is 12.8. The molecule has 0 radical (unpaired) electrons. The topological polar surface area (TPSA) is 26.0 Å². The lowest BCUT2D eigenvalue weighted by molar-refractivity contribution is 0.617. The fourth-order valence-corrected chi connectivity index (χ4v) is 2.71. The number of fused-ring (bicyclic) bond motifs is 1. The summed E-state index contributed by atoms with van der Waals surface area (Å²) in [6, 6.07) is 9.73. The maximum Gasteiger partial charge on any atom is 0.228 e. The monoisotopic (exact) mass is 335 g/mol. The number of nitrogens with zero attached hydrogens (tertiary/aromatic N) is 1. The summed E-state index contributed by atoms with van der Waals surface area (Å²) in [5.74, 6) is 0.551. The van der Waals surface area contributed by atoms with Crippen molar-refractivity contribution < 1.29 is 4.42 Å². The van der Waals surface area contributed by atoms with E-state index >= 15 is 0 Å². The summed E-state index contributed by atoms with van der Waals surface area (Å²) in [5.41, 5.74) is 4.73. The molecule has 0 unspecified atom stereocenters. The molecule has 0 saturated carbocycles. The number of benzene rings is 2. The molecular formula is C15H11BrClNO. The van der Waals surface area contributed by atoms with Crippen LogP contribution >= 0.6 is 27.5 Å². The molecule has 3 rings (SSSR count). The standard InChI is InChI=1S/C15H11BrClNO/c1-8-5-9(2)14-13(6-8)18-15(19-14)11-7-10(16)3-4-12(11)17/h3-7H,1-2H3. The van der Waals surface area contributed by atoms with Crippen molar-refractivity contribution in [2.75, 3.05) is 0 Å². The molecule has 0 amide bonds. The molecule has 0 N–H and O–H groups in total. The third-order valence-corrected chi connectivity index (χ3v) is 3.80. The van der Waals surface area contributed by atoms with Crippen molar-refractivity contribution in [3.05, 3.63) is 51.0 Å². The van der Waals surface area contributed by atoms with Gasteiger partial charge in [0.05, 0.1) is 10.6 Å². The van der Waals surface area contributed by atoms with Gasteiger partial charge in [0.1, 0.15) is 5.52 Å². The van der Waals surface area contributed by atoms with Gasteiger partial charge in [-0.05, 0) is 49.2 Å². The fourth-order valence-electron chi connectivity index (χ4n) is 2.15. The third kappa shape index (κ3) is 2.28. The second-order valence-electron chi connectivity index (χ2n) is 4.57. The van der Waals surface area contributed by atoms with Gasteiger partial charge >= 0.3 is 0 Å². The van der Waals surface area contributed by atoms with Crippen molar-refractivity contribution in [3.63, 3.8) is 0 Å². The second kappa shape index (κ2) is 4.66.